The maximum absolute atomic E-state index is 15.5. The van der Waals surface area contributed by atoms with Crippen LogP contribution in [-0.2, 0) is 6.54 Å². The van der Waals surface area contributed by atoms with Crippen LogP contribution in [0.4, 0.5) is 20.2 Å². The van der Waals surface area contributed by atoms with Gasteiger partial charge in [-0.15, -0.1) is 0 Å². The fourth-order valence-corrected chi connectivity index (χ4v) is 4.49. The number of halogens is 2. The van der Waals surface area contributed by atoms with Crippen LogP contribution in [0.3, 0.4) is 0 Å². The van der Waals surface area contributed by atoms with Crippen molar-refractivity contribution in [2.24, 2.45) is 10.2 Å². The van der Waals surface area contributed by atoms with E-state index in [4.69, 9.17) is 13.6 Å². The highest BCUT2D eigenvalue weighted by molar-refractivity contribution is 6.36. The third-order valence-electron chi connectivity index (χ3n) is 6.13. The number of nitrogens with two attached hydrogens (primary N) is 1. The minimum Gasteiger partial charge on any atom is -0.397 e. The second kappa shape index (κ2) is 10.3. The van der Waals surface area contributed by atoms with Crippen molar-refractivity contribution in [3.8, 4) is 22.3 Å². The van der Waals surface area contributed by atoms with Crippen molar-refractivity contribution in [3.05, 3.63) is 65.2 Å². The lowest BCUT2D eigenvalue weighted by Crippen LogP contribution is -2.29. The SMILES string of the molecule is [B]c1c(F)c(-c2cccc(CN3CCCCC3)c2)cc(F)c1-c1cc(N)c(N=NC)c(C=O)c1. The van der Waals surface area contributed by atoms with Gasteiger partial charge in [0.05, 0.1) is 5.69 Å². The number of carbonyl (C=O) groups is 1. The van der Waals surface area contributed by atoms with Crippen molar-refractivity contribution in [2.75, 3.05) is 25.9 Å². The first kappa shape index (κ1) is 23.8. The Morgan fingerprint density at radius 3 is 2.56 bits per heavy atom. The van der Waals surface area contributed by atoms with E-state index < -0.39 is 11.6 Å². The lowest BCUT2D eigenvalue weighted by atomic mass is 9.82. The van der Waals surface area contributed by atoms with Gasteiger partial charge in [0.2, 0.25) is 0 Å². The van der Waals surface area contributed by atoms with Gasteiger partial charge in [-0.1, -0.05) is 30.1 Å². The molecule has 1 aliphatic rings. The Labute approximate surface area is 199 Å². The van der Waals surface area contributed by atoms with E-state index in [0.29, 0.717) is 11.8 Å². The Balaban J connectivity index is 1.74. The van der Waals surface area contributed by atoms with E-state index in [1.54, 1.807) is 6.07 Å². The molecule has 34 heavy (non-hydrogen) atoms. The number of anilines is 1. The third kappa shape index (κ3) is 4.77. The fourth-order valence-electron chi connectivity index (χ4n) is 4.49. The van der Waals surface area contributed by atoms with Crippen LogP contribution in [0.1, 0.15) is 35.2 Å². The average molecular weight is 458 g/mol. The van der Waals surface area contributed by atoms with E-state index in [1.807, 2.05) is 18.2 Å². The Hall–Kier alpha value is -3.39. The molecule has 4 rings (SSSR count). The largest absolute Gasteiger partial charge is 0.397 e. The molecule has 3 aromatic rings. The minimum atomic E-state index is -0.727. The molecule has 172 valence electrons. The van der Waals surface area contributed by atoms with Crippen molar-refractivity contribution >= 4 is 31.0 Å². The van der Waals surface area contributed by atoms with Gasteiger partial charge in [-0.3, -0.25) is 9.69 Å². The van der Waals surface area contributed by atoms with Crippen LogP contribution >= 0.6 is 0 Å². The Bertz CT molecular complexity index is 1260. The molecular weight excluding hydrogens is 433 g/mol. The predicted octanol–water partition coefficient (Wildman–Crippen LogP) is 5.19. The maximum Gasteiger partial charge on any atom is 0.152 e. The predicted molar refractivity (Wildman–Crippen MR) is 132 cm³/mol. The second-order valence-corrected chi connectivity index (χ2v) is 8.47. The minimum absolute atomic E-state index is 0.0826. The topological polar surface area (TPSA) is 71.0 Å². The van der Waals surface area contributed by atoms with E-state index in [-0.39, 0.29) is 39.1 Å². The van der Waals surface area contributed by atoms with Gasteiger partial charge in [0, 0.05) is 30.3 Å². The fraction of sp³-hybridized carbons (Fsp3) is 0.269. The number of nitrogens with zero attached hydrogens (tertiary/aromatic N) is 3. The number of piperidine rings is 1. The van der Waals surface area contributed by atoms with Crippen molar-refractivity contribution in [1.29, 1.82) is 0 Å². The number of aldehydes is 1. The summed E-state index contributed by atoms with van der Waals surface area (Å²) in [6.45, 7) is 2.85. The summed E-state index contributed by atoms with van der Waals surface area (Å²) in [6, 6.07) is 11.4. The quantitative estimate of drug-likeness (QED) is 0.239. The number of hydrogen-bond donors (Lipinski definition) is 1. The number of likely N-dealkylation sites (tertiary alicyclic amines) is 1. The molecular formula is C26H25BF2N4O. The summed E-state index contributed by atoms with van der Waals surface area (Å²) in [5.74, 6) is -1.44. The Morgan fingerprint density at radius 2 is 1.85 bits per heavy atom. The summed E-state index contributed by atoms with van der Waals surface area (Å²) in [4.78, 5) is 13.9. The number of rotatable bonds is 6. The third-order valence-corrected chi connectivity index (χ3v) is 6.13. The number of benzene rings is 3. The highest BCUT2D eigenvalue weighted by Crippen LogP contribution is 2.35. The molecule has 0 unspecified atom stereocenters. The molecule has 5 nitrogen and oxygen atoms in total. The molecule has 1 saturated heterocycles. The average Bonchev–Trinajstić information content (AvgIpc) is 2.84. The zero-order valence-corrected chi connectivity index (χ0v) is 19.0. The highest BCUT2D eigenvalue weighted by Gasteiger charge is 2.20. The van der Waals surface area contributed by atoms with Crippen LogP contribution in [-0.4, -0.2) is 39.2 Å². The zero-order valence-electron chi connectivity index (χ0n) is 19.0. The summed E-state index contributed by atoms with van der Waals surface area (Å²) >= 11 is 0. The molecule has 0 saturated carbocycles. The summed E-state index contributed by atoms with van der Waals surface area (Å²) in [7, 11) is 7.52. The molecule has 2 radical (unpaired) electrons. The summed E-state index contributed by atoms with van der Waals surface area (Å²) in [6.07, 6.45) is 4.14. The molecule has 1 fully saturated rings. The first-order chi connectivity index (χ1) is 16.4. The van der Waals surface area contributed by atoms with E-state index in [1.165, 1.54) is 38.4 Å². The first-order valence-electron chi connectivity index (χ1n) is 11.2. The Kier molecular flexibility index (Phi) is 7.17. The van der Waals surface area contributed by atoms with E-state index in [2.05, 4.69) is 15.1 Å². The molecule has 3 aromatic carbocycles. The highest BCUT2D eigenvalue weighted by atomic mass is 19.1. The van der Waals surface area contributed by atoms with Gasteiger partial charge in [0.25, 0.3) is 0 Å². The van der Waals surface area contributed by atoms with E-state index in [9.17, 15) is 4.79 Å². The molecule has 0 amide bonds. The molecule has 1 heterocycles. The molecule has 0 spiro atoms. The van der Waals surface area contributed by atoms with Crippen LogP contribution in [0.15, 0.2) is 52.7 Å². The number of nitrogen functional groups attached to an aromatic ring is 1. The molecule has 0 bridgehead atoms. The van der Waals surface area contributed by atoms with Gasteiger partial charge in [-0.2, -0.15) is 10.2 Å². The normalized spacial score (nSPS) is 14.6. The van der Waals surface area contributed by atoms with Gasteiger partial charge in [-0.25, -0.2) is 8.78 Å². The molecule has 2 N–H and O–H groups in total. The number of carbonyl (C=O) groups excluding carboxylic acids is 1. The van der Waals surface area contributed by atoms with Crippen molar-refractivity contribution in [3.63, 3.8) is 0 Å². The summed E-state index contributed by atoms with van der Waals surface area (Å²) < 4.78 is 30.8. The molecule has 0 aliphatic carbocycles. The lowest BCUT2D eigenvalue weighted by Gasteiger charge is -2.26. The second-order valence-electron chi connectivity index (χ2n) is 8.47. The zero-order chi connectivity index (χ0) is 24.2. The van der Waals surface area contributed by atoms with E-state index >= 15 is 8.78 Å². The van der Waals surface area contributed by atoms with Gasteiger partial charge in [-0.05, 0) is 66.9 Å². The van der Waals surface area contributed by atoms with Crippen LogP contribution in [0, 0.1) is 11.6 Å². The molecule has 1 aliphatic heterocycles. The summed E-state index contributed by atoms with van der Waals surface area (Å²) in [5, 5.41) is 7.48. The lowest BCUT2D eigenvalue weighted by molar-refractivity contribution is 0.112. The first-order valence-corrected chi connectivity index (χ1v) is 11.2. The Morgan fingerprint density at radius 1 is 1.09 bits per heavy atom. The van der Waals surface area contributed by atoms with Crippen molar-refractivity contribution in [2.45, 2.75) is 25.8 Å². The van der Waals surface area contributed by atoms with Gasteiger partial charge >= 0.3 is 0 Å². The van der Waals surface area contributed by atoms with Crippen molar-refractivity contribution < 1.29 is 13.6 Å². The smallest absolute Gasteiger partial charge is 0.152 e. The van der Waals surface area contributed by atoms with E-state index in [0.717, 1.165) is 31.3 Å². The van der Waals surface area contributed by atoms with Gasteiger partial charge in [0.15, 0.2) is 6.29 Å². The molecule has 8 heteroatoms. The van der Waals surface area contributed by atoms with Crippen LogP contribution in [0.2, 0.25) is 0 Å². The van der Waals surface area contributed by atoms with Gasteiger partial charge in [0.1, 0.15) is 25.2 Å². The summed E-state index contributed by atoms with van der Waals surface area (Å²) in [5.41, 5.74) is 7.74. The van der Waals surface area contributed by atoms with Gasteiger partial charge < -0.3 is 5.73 Å². The standard InChI is InChI=1S/C26H25BF2N4O/c1-31-32-26-19(15-34)11-18(12-22(26)30)23-21(28)13-20(25(29)24(23)27)17-7-5-6-16(10-17)14-33-8-3-2-4-9-33/h5-7,10-13,15H,2-4,8-9,14,30H2,1H3. The molecule has 0 aromatic heterocycles. The monoisotopic (exact) mass is 458 g/mol. The maximum atomic E-state index is 15.5. The van der Waals surface area contributed by atoms with Crippen LogP contribution < -0.4 is 11.2 Å². The number of hydrogen-bond acceptors (Lipinski definition) is 5. The van der Waals surface area contributed by atoms with Crippen LogP contribution in [0.5, 0.6) is 0 Å². The van der Waals surface area contributed by atoms with Crippen LogP contribution in [0.25, 0.3) is 22.3 Å². The van der Waals surface area contributed by atoms with Crippen molar-refractivity contribution in [1.82, 2.24) is 4.90 Å². The molecule has 0 atom stereocenters. The number of azo groups is 1.